The zero-order chi connectivity index (χ0) is 25.4. The molecular weight excluding hydrogens is 446 g/mol. The molecule has 0 radical (unpaired) electrons. The highest BCUT2D eigenvalue weighted by Gasteiger charge is 2.10. The fraction of sp³-hybridized carbons (Fsp3) is 0.438. The number of hydrogen-bond acceptors (Lipinski definition) is 4. The number of benzene rings is 2. The van der Waals surface area contributed by atoms with E-state index in [1.54, 1.807) is 12.3 Å². The van der Waals surface area contributed by atoms with Crippen molar-refractivity contribution in [3.63, 3.8) is 0 Å². The van der Waals surface area contributed by atoms with Gasteiger partial charge >= 0.3 is 5.97 Å². The van der Waals surface area contributed by atoms with Gasteiger partial charge in [-0.2, -0.15) is 0 Å². The Morgan fingerprint density at radius 1 is 0.694 bits per heavy atom. The fourth-order valence-electron chi connectivity index (χ4n) is 4.14. The Balaban J connectivity index is 1.44. The normalized spacial score (nSPS) is 10.8. The minimum absolute atomic E-state index is 0.297. The lowest BCUT2D eigenvalue weighted by atomic mass is 10.0. The van der Waals surface area contributed by atoms with Crippen molar-refractivity contribution < 1.29 is 14.3 Å². The van der Waals surface area contributed by atoms with Crippen LogP contribution in [0.25, 0.3) is 11.1 Å². The quantitative estimate of drug-likeness (QED) is 0.150. The van der Waals surface area contributed by atoms with Gasteiger partial charge in [0, 0.05) is 17.8 Å². The summed E-state index contributed by atoms with van der Waals surface area (Å²) in [5, 5.41) is 0. The van der Waals surface area contributed by atoms with E-state index in [9.17, 15) is 4.79 Å². The lowest BCUT2D eigenvalue weighted by molar-refractivity contribution is 0.0727. The summed E-state index contributed by atoms with van der Waals surface area (Å²) in [5.41, 5.74) is 3.80. The number of pyridine rings is 1. The molecule has 3 rings (SSSR count). The Morgan fingerprint density at radius 2 is 1.33 bits per heavy atom. The van der Waals surface area contributed by atoms with E-state index in [0.29, 0.717) is 11.4 Å². The van der Waals surface area contributed by atoms with E-state index < -0.39 is 0 Å². The molecule has 192 valence electrons. The van der Waals surface area contributed by atoms with Crippen molar-refractivity contribution in [2.75, 3.05) is 6.61 Å². The van der Waals surface area contributed by atoms with Crippen molar-refractivity contribution >= 4 is 5.97 Å². The second kappa shape index (κ2) is 15.8. The minimum atomic E-state index is -0.389. The maximum absolute atomic E-state index is 12.5. The molecule has 0 spiro atoms. The van der Waals surface area contributed by atoms with Gasteiger partial charge in [0.2, 0.25) is 5.88 Å². The third-order valence-electron chi connectivity index (χ3n) is 6.40. The minimum Gasteiger partial charge on any atom is -0.494 e. The molecule has 0 aliphatic carbocycles. The molecule has 0 atom stereocenters. The van der Waals surface area contributed by atoms with Gasteiger partial charge in [0.25, 0.3) is 0 Å². The van der Waals surface area contributed by atoms with Crippen LogP contribution in [0.4, 0.5) is 0 Å². The zero-order valence-corrected chi connectivity index (χ0v) is 22.0. The van der Waals surface area contributed by atoms with Crippen molar-refractivity contribution in [2.24, 2.45) is 0 Å². The Hall–Kier alpha value is -3.14. The maximum Gasteiger partial charge on any atom is 0.344 e. The third-order valence-corrected chi connectivity index (χ3v) is 6.40. The van der Waals surface area contributed by atoms with Crippen molar-refractivity contribution in [2.45, 2.75) is 84.5 Å². The number of aromatic nitrogens is 1. The second-order valence-electron chi connectivity index (χ2n) is 9.42. The summed E-state index contributed by atoms with van der Waals surface area (Å²) in [4.78, 5) is 16.9. The molecule has 2 aromatic carbocycles. The number of aryl methyl sites for hydroxylation is 1. The molecule has 4 heteroatoms. The lowest BCUT2D eigenvalue weighted by Crippen LogP contribution is -2.09. The molecular formula is C32H41NO3. The highest BCUT2D eigenvalue weighted by atomic mass is 16.5. The largest absolute Gasteiger partial charge is 0.494 e. The first-order valence-electron chi connectivity index (χ1n) is 13.7. The summed E-state index contributed by atoms with van der Waals surface area (Å²) in [6.07, 6.45) is 15.3. The molecule has 0 amide bonds. The molecule has 3 aromatic rings. The van der Waals surface area contributed by atoms with Crippen LogP contribution in [-0.4, -0.2) is 17.6 Å². The number of rotatable bonds is 16. The number of carbonyl (C=O) groups excluding carboxylic acids is 1. The van der Waals surface area contributed by atoms with Gasteiger partial charge in [0.15, 0.2) is 0 Å². The number of esters is 1. The highest BCUT2D eigenvalue weighted by molar-refractivity contribution is 5.90. The van der Waals surface area contributed by atoms with Crippen molar-refractivity contribution in [3.8, 4) is 22.8 Å². The van der Waals surface area contributed by atoms with Crippen LogP contribution in [-0.2, 0) is 6.42 Å². The van der Waals surface area contributed by atoms with Crippen LogP contribution < -0.4 is 9.47 Å². The monoisotopic (exact) mass is 487 g/mol. The van der Waals surface area contributed by atoms with Gasteiger partial charge < -0.3 is 9.47 Å². The van der Waals surface area contributed by atoms with Crippen LogP contribution in [0.5, 0.6) is 11.6 Å². The Labute approximate surface area is 217 Å². The molecule has 0 aliphatic rings. The average Bonchev–Trinajstić information content (AvgIpc) is 2.92. The van der Waals surface area contributed by atoms with Crippen LogP contribution in [0.1, 0.15) is 94.0 Å². The number of unbranched alkanes of at least 4 members (excludes halogenated alkanes) is 8. The highest BCUT2D eigenvalue weighted by Crippen LogP contribution is 2.24. The van der Waals surface area contributed by atoms with E-state index in [1.807, 2.05) is 54.6 Å². The molecule has 1 heterocycles. The van der Waals surface area contributed by atoms with Gasteiger partial charge in [-0.1, -0.05) is 89.5 Å². The molecule has 0 bridgehead atoms. The number of ether oxygens (including phenoxy) is 2. The van der Waals surface area contributed by atoms with Crippen LogP contribution in [0.15, 0.2) is 66.9 Å². The smallest absolute Gasteiger partial charge is 0.344 e. The van der Waals surface area contributed by atoms with Gasteiger partial charge in [-0.05, 0) is 60.7 Å². The molecule has 1 aromatic heterocycles. The van der Waals surface area contributed by atoms with Crippen LogP contribution >= 0.6 is 0 Å². The van der Waals surface area contributed by atoms with Gasteiger partial charge in [0.05, 0.1) is 12.2 Å². The topological polar surface area (TPSA) is 48.4 Å². The van der Waals surface area contributed by atoms with Gasteiger partial charge in [-0.25, -0.2) is 9.78 Å². The molecule has 0 unspecified atom stereocenters. The summed E-state index contributed by atoms with van der Waals surface area (Å²) >= 11 is 0. The molecule has 0 aliphatic heterocycles. The van der Waals surface area contributed by atoms with Gasteiger partial charge in [0.1, 0.15) is 5.75 Å². The van der Waals surface area contributed by atoms with E-state index in [2.05, 4.69) is 18.8 Å². The Morgan fingerprint density at radius 3 is 2.00 bits per heavy atom. The zero-order valence-electron chi connectivity index (χ0n) is 22.0. The van der Waals surface area contributed by atoms with Crippen LogP contribution in [0, 0.1) is 0 Å². The molecule has 36 heavy (non-hydrogen) atoms. The van der Waals surface area contributed by atoms with E-state index in [-0.39, 0.29) is 5.97 Å². The summed E-state index contributed by atoms with van der Waals surface area (Å²) in [5.74, 6) is 0.795. The number of nitrogens with zero attached hydrogens (tertiary/aromatic N) is 1. The first-order chi connectivity index (χ1) is 17.7. The summed E-state index contributed by atoms with van der Waals surface area (Å²) in [7, 11) is 0. The van der Waals surface area contributed by atoms with E-state index >= 15 is 0 Å². The average molecular weight is 488 g/mol. The number of carbonyl (C=O) groups is 1. The Kier molecular flexibility index (Phi) is 12.0. The lowest BCUT2D eigenvalue weighted by Gasteiger charge is -2.08. The van der Waals surface area contributed by atoms with Gasteiger partial charge in [-0.15, -0.1) is 0 Å². The summed E-state index contributed by atoms with van der Waals surface area (Å²) < 4.78 is 11.4. The molecule has 4 nitrogen and oxygen atoms in total. The first kappa shape index (κ1) is 27.4. The van der Waals surface area contributed by atoms with E-state index in [4.69, 9.17) is 9.47 Å². The summed E-state index contributed by atoms with van der Waals surface area (Å²) in [6.45, 7) is 5.21. The molecule has 0 saturated heterocycles. The second-order valence-corrected chi connectivity index (χ2v) is 9.42. The van der Waals surface area contributed by atoms with Crippen LogP contribution in [0.2, 0.25) is 0 Å². The third kappa shape index (κ3) is 9.49. The van der Waals surface area contributed by atoms with Crippen molar-refractivity contribution in [1.82, 2.24) is 4.98 Å². The van der Waals surface area contributed by atoms with E-state index in [0.717, 1.165) is 36.3 Å². The molecule has 0 saturated carbocycles. The molecule has 0 fully saturated rings. The SMILES string of the molecule is CCCCCCCCOc1ccc(-c2ccc(OC(=O)c3ccc(CCCCCC)cc3)nc2)cc1. The number of hydrogen-bond donors (Lipinski definition) is 0. The standard InChI is InChI=1S/C32H41NO3/c1-3-5-7-9-10-12-24-35-30-21-18-27(19-22-30)29-20-23-31(33-25-29)36-32(34)28-16-14-26(15-17-28)13-11-8-6-4-2/h14-23,25H,3-13,24H2,1-2H3. The van der Waals surface area contributed by atoms with E-state index in [1.165, 1.54) is 63.4 Å². The molecule has 0 N–H and O–H groups in total. The predicted molar refractivity (Wildman–Crippen MR) is 148 cm³/mol. The Bertz CT molecular complexity index is 1010. The first-order valence-corrected chi connectivity index (χ1v) is 13.7. The van der Waals surface area contributed by atoms with Crippen molar-refractivity contribution in [3.05, 3.63) is 78.0 Å². The fourth-order valence-corrected chi connectivity index (χ4v) is 4.14. The predicted octanol–water partition coefficient (Wildman–Crippen LogP) is 8.83. The van der Waals surface area contributed by atoms with Crippen LogP contribution in [0.3, 0.4) is 0 Å². The van der Waals surface area contributed by atoms with Crippen molar-refractivity contribution in [1.29, 1.82) is 0 Å². The summed E-state index contributed by atoms with van der Waals surface area (Å²) in [6, 6.07) is 19.4. The van der Waals surface area contributed by atoms with Gasteiger partial charge in [-0.3, -0.25) is 0 Å². The maximum atomic E-state index is 12.5.